The van der Waals surface area contributed by atoms with Gasteiger partial charge in [0.2, 0.25) is 17.7 Å². The first kappa shape index (κ1) is 13.0. The molecule has 2 rings (SSSR count). The molecule has 0 spiro atoms. The smallest absolute Gasteiger partial charge is 0.329 e. The Morgan fingerprint density at radius 1 is 1.68 bits per heavy atom. The summed E-state index contributed by atoms with van der Waals surface area (Å²) in [5.74, 6) is -0.183. The Kier molecular flexibility index (Phi) is 3.45. The lowest BCUT2D eigenvalue weighted by Crippen LogP contribution is -2.28. The molecule has 1 fully saturated rings. The number of aromatic nitrogens is 2. The summed E-state index contributed by atoms with van der Waals surface area (Å²) in [4.78, 5) is 31.2. The molecule has 0 radical (unpaired) electrons. The highest BCUT2D eigenvalue weighted by atomic mass is 16.6. The molecular formula is C10H14N6O3. The SMILES string of the molecule is CNc1ncc([N+](=O)[O-])c(N2CCC(C(N)=O)C2)n1. The van der Waals surface area contributed by atoms with Crippen LogP contribution in [0.25, 0.3) is 0 Å². The maximum absolute atomic E-state index is 11.1. The molecule has 1 unspecified atom stereocenters. The van der Waals surface area contributed by atoms with Gasteiger partial charge in [0.25, 0.3) is 0 Å². The molecule has 0 aliphatic carbocycles. The number of rotatable bonds is 4. The van der Waals surface area contributed by atoms with E-state index in [0.717, 1.165) is 6.20 Å². The molecular weight excluding hydrogens is 252 g/mol. The first-order valence-electron chi connectivity index (χ1n) is 5.76. The van der Waals surface area contributed by atoms with Gasteiger partial charge in [-0.15, -0.1) is 0 Å². The van der Waals surface area contributed by atoms with Crippen LogP contribution in [0.2, 0.25) is 0 Å². The van der Waals surface area contributed by atoms with Gasteiger partial charge in [0.15, 0.2) is 0 Å². The first-order chi connectivity index (χ1) is 9.02. The second kappa shape index (κ2) is 5.04. The number of nitro groups is 1. The van der Waals surface area contributed by atoms with Gasteiger partial charge in [-0.2, -0.15) is 4.98 Å². The van der Waals surface area contributed by atoms with Crippen LogP contribution in [0, 0.1) is 16.0 Å². The van der Waals surface area contributed by atoms with Crippen LogP contribution in [-0.4, -0.2) is 40.9 Å². The Bertz CT molecular complexity index is 520. The Balaban J connectivity index is 2.32. The van der Waals surface area contributed by atoms with Gasteiger partial charge in [-0.05, 0) is 6.42 Å². The Morgan fingerprint density at radius 3 is 2.95 bits per heavy atom. The Morgan fingerprint density at radius 2 is 2.42 bits per heavy atom. The molecule has 1 saturated heterocycles. The molecule has 0 bridgehead atoms. The van der Waals surface area contributed by atoms with Crippen LogP contribution < -0.4 is 16.0 Å². The normalized spacial score (nSPS) is 18.4. The zero-order chi connectivity index (χ0) is 14.0. The van der Waals surface area contributed by atoms with Crippen LogP contribution in [-0.2, 0) is 4.79 Å². The van der Waals surface area contributed by atoms with E-state index in [0.29, 0.717) is 25.5 Å². The van der Waals surface area contributed by atoms with E-state index in [-0.39, 0.29) is 17.4 Å². The third-order valence-corrected chi connectivity index (χ3v) is 3.06. The van der Waals surface area contributed by atoms with Crippen LogP contribution in [0.15, 0.2) is 6.20 Å². The highest BCUT2D eigenvalue weighted by molar-refractivity contribution is 5.78. The summed E-state index contributed by atoms with van der Waals surface area (Å²) in [6, 6.07) is 0. The number of nitrogens with zero attached hydrogens (tertiary/aromatic N) is 4. The molecule has 0 aromatic carbocycles. The lowest BCUT2D eigenvalue weighted by molar-refractivity contribution is -0.384. The molecule has 1 aromatic heterocycles. The average Bonchev–Trinajstić information content (AvgIpc) is 2.87. The van der Waals surface area contributed by atoms with Crippen LogP contribution >= 0.6 is 0 Å². The molecule has 9 heteroatoms. The van der Waals surface area contributed by atoms with E-state index in [1.165, 1.54) is 0 Å². The van der Waals surface area contributed by atoms with Gasteiger partial charge < -0.3 is 16.0 Å². The summed E-state index contributed by atoms with van der Waals surface area (Å²) in [6.07, 6.45) is 1.73. The van der Waals surface area contributed by atoms with Crippen LogP contribution in [0.4, 0.5) is 17.5 Å². The number of carbonyl (C=O) groups is 1. The number of carbonyl (C=O) groups excluding carboxylic acids is 1. The Hall–Kier alpha value is -2.45. The van der Waals surface area contributed by atoms with E-state index in [1.54, 1.807) is 11.9 Å². The zero-order valence-corrected chi connectivity index (χ0v) is 10.4. The lowest BCUT2D eigenvalue weighted by Gasteiger charge is -2.17. The van der Waals surface area contributed by atoms with Crippen molar-refractivity contribution in [3.63, 3.8) is 0 Å². The summed E-state index contributed by atoms with van der Waals surface area (Å²) < 4.78 is 0. The van der Waals surface area contributed by atoms with E-state index < -0.39 is 10.8 Å². The number of primary amides is 1. The summed E-state index contributed by atoms with van der Waals surface area (Å²) in [5.41, 5.74) is 5.07. The minimum atomic E-state index is -0.535. The Labute approximate surface area is 109 Å². The molecule has 1 aliphatic heterocycles. The minimum Gasteiger partial charge on any atom is -0.369 e. The van der Waals surface area contributed by atoms with Crippen molar-refractivity contribution >= 4 is 23.4 Å². The molecule has 19 heavy (non-hydrogen) atoms. The van der Waals surface area contributed by atoms with Crippen molar-refractivity contribution in [2.45, 2.75) is 6.42 Å². The molecule has 1 aliphatic rings. The van der Waals surface area contributed by atoms with Gasteiger partial charge in [-0.1, -0.05) is 0 Å². The van der Waals surface area contributed by atoms with Crippen LogP contribution in [0.5, 0.6) is 0 Å². The van der Waals surface area contributed by atoms with Crippen molar-refractivity contribution in [3.8, 4) is 0 Å². The maximum Gasteiger partial charge on any atom is 0.329 e. The summed E-state index contributed by atoms with van der Waals surface area (Å²) >= 11 is 0. The molecule has 0 saturated carbocycles. The first-order valence-corrected chi connectivity index (χ1v) is 5.76. The number of nitrogens with two attached hydrogens (primary N) is 1. The van der Waals surface area contributed by atoms with Crippen molar-refractivity contribution in [1.29, 1.82) is 0 Å². The quantitative estimate of drug-likeness (QED) is 0.567. The van der Waals surface area contributed by atoms with Crippen LogP contribution in [0.3, 0.4) is 0 Å². The molecule has 102 valence electrons. The van der Waals surface area contributed by atoms with Gasteiger partial charge >= 0.3 is 5.69 Å². The monoisotopic (exact) mass is 266 g/mol. The highest BCUT2D eigenvalue weighted by Crippen LogP contribution is 2.30. The number of nitrogens with one attached hydrogen (secondary N) is 1. The molecule has 1 atom stereocenters. The third-order valence-electron chi connectivity index (χ3n) is 3.06. The second-order valence-corrected chi connectivity index (χ2v) is 4.24. The fourth-order valence-corrected chi connectivity index (χ4v) is 2.03. The zero-order valence-electron chi connectivity index (χ0n) is 10.4. The van der Waals surface area contributed by atoms with Gasteiger partial charge in [0.1, 0.15) is 6.20 Å². The lowest BCUT2D eigenvalue weighted by atomic mass is 10.1. The summed E-state index contributed by atoms with van der Waals surface area (Å²) in [7, 11) is 1.63. The number of anilines is 2. The molecule has 1 amide bonds. The van der Waals surface area contributed by atoms with E-state index in [9.17, 15) is 14.9 Å². The number of amides is 1. The van der Waals surface area contributed by atoms with Gasteiger partial charge in [0, 0.05) is 20.1 Å². The van der Waals surface area contributed by atoms with Crippen molar-refractivity contribution in [3.05, 3.63) is 16.3 Å². The number of hydrogen-bond donors (Lipinski definition) is 2. The number of hydrogen-bond acceptors (Lipinski definition) is 7. The maximum atomic E-state index is 11.1. The third kappa shape index (κ3) is 2.54. The van der Waals surface area contributed by atoms with Gasteiger partial charge in [-0.3, -0.25) is 14.9 Å². The summed E-state index contributed by atoms with van der Waals surface area (Å²) in [6.45, 7) is 0.852. The predicted molar refractivity (Wildman–Crippen MR) is 67.7 cm³/mol. The largest absolute Gasteiger partial charge is 0.369 e. The van der Waals surface area contributed by atoms with Gasteiger partial charge in [-0.25, -0.2) is 4.98 Å². The van der Waals surface area contributed by atoms with Crippen LogP contribution in [0.1, 0.15) is 6.42 Å². The minimum absolute atomic E-state index is 0.177. The highest BCUT2D eigenvalue weighted by Gasteiger charge is 2.32. The molecule has 2 heterocycles. The van der Waals surface area contributed by atoms with E-state index in [2.05, 4.69) is 15.3 Å². The standard InChI is InChI=1S/C10H14N6O3/c1-12-10-13-4-7(16(18)19)9(14-10)15-3-2-6(5-15)8(11)17/h4,6H,2-3,5H2,1H3,(H2,11,17)(H,12,13,14). The average molecular weight is 266 g/mol. The van der Waals surface area contributed by atoms with Crippen molar-refractivity contribution in [2.75, 3.05) is 30.4 Å². The fourth-order valence-electron chi connectivity index (χ4n) is 2.03. The second-order valence-electron chi connectivity index (χ2n) is 4.24. The van der Waals surface area contributed by atoms with Crippen molar-refractivity contribution < 1.29 is 9.72 Å². The topological polar surface area (TPSA) is 127 Å². The van der Waals surface area contributed by atoms with E-state index >= 15 is 0 Å². The van der Waals surface area contributed by atoms with Gasteiger partial charge in [0.05, 0.1) is 10.8 Å². The fraction of sp³-hybridized carbons (Fsp3) is 0.500. The van der Waals surface area contributed by atoms with E-state index in [1.807, 2.05) is 0 Å². The van der Waals surface area contributed by atoms with Crippen molar-refractivity contribution in [2.24, 2.45) is 11.7 Å². The predicted octanol–water partition coefficient (Wildman–Crippen LogP) is -0.262. The van der Waals surface area contributed by atoms with Crippen molar-refractivity contribution in [1.82, 2.24) is 9.97 Å². The molecule has 1 aromatic rings. The summed E-state index contributed by atoms with van der Waals surface area (Å²) in [5, 5.41) is 13.7. The molecule has 3 N–H and O–H groups in total. The molecule has 9 nitrogen and oxygen atoms in total. The van der Waals surface area contributed by atoms with E-state index in [4.69, 9.17) is 5.73 Å².